The largest absolute Gasteiger partial charge is 0.346 e. The van der Waals surface area contributed by atoms with Crippen molar-refractivity contribution in [3.8, 4) is 0 Å². The lowest BCUT2D eigenvalue weighted by Crippen LogP contribution is -2.36. The van der Waals surface area contributed by atoms with Crippen LogP contribution >= 0.6 is 11.3 Å². The normalized spacial score (nSPS) is 23.9. The zero-order chi connectivity index (χ0) is 16.5. The Balaban J connectivity index is 1.37. The van der Waals surface area contributed by atoms with Crippen LogP contribution in [0.3, 0.4) is 0 Å². The van der Waals surface area contributed by atoms with E-state index in [-0.39, 0.29) is 5.92 Å². The van der Waals surface area contributed by atoms with Crippen LogP contribution in [0.2, 0.25) is 0 Å². The number of nitrogens with zero attached hydrogens (tertiary/aromatic N) is 3. The Morgan fingerprint density at radius 1 is 1.25 bits per heavy atom. The number of hydrogen-bond acceptors (Lipinski definition) is 4. The monoisotopic (exact) mass is 341 g/mol. The lowest BCUT2D eigenvalue weighted by atomic mass is 10.1. The van der Waals surface area contributed by atoms with E-state index in [4.69, 9.17) is 0 Å². The Kier molecular flexibility index (Phi) is 4.27. The molecule has 4 rings (SSSR count). The Hall–Kier alpha value is -1.88. The molecule has 2 heterocycles. The van der Waals surface area contributed by atoms with Crippen molar-refractivity contribution in [2.24, 2.45) is 5.92 Å². The molecule has 2 fully saturated rings. The van der Waals surface area contributed by atoms with Crippen LogP contribution in [0, 0.1) is 12.8 Å². The van der Waals surface area contributed by atoms with Crippen LogP contribution in [0.25, 0.3) is 0 Å². The van der Waals surface area contributed by atoms with Crippen molar-refractivity contribution in [1.29, 1.82) is 0 Å². The predicted molar refractivity (Wildman–Crippen MR) is 97.6 cm³/mol. The van der Waals surface area contributed by atoms with Gasteiger partial charge in [-0.1, -0.05) is 29.8 Å². The number of amides is 1. The van der Waals surface area contributed by atoms with Gasteiger partial charge in [-0.2, -0.15) is 0 Å². The molecule has 24 heavy (non-hydrogen) atoms. The standard InChI is InChI=1S/C19H23N3OS/c1-14-4-2-5-15(12-14)16-13-17(16)18(23)21-7-3-8-22(10-9-21)19-20-6-11-24-19/h2,4-6,11-12,16-17H,3,7-10,13H2,1H3. The minimum Gasteiger partial charge on any atom is -0.346 e. The van der Waals surface area contributed by atoms with Crippen LogP contribution in [-0.4, -0.2) is 42.0 Å². The number of rotatable bonds is 3. The summed E-state index contributed by atoms with van der Waals surface area (Å²) in [5, 5.41) is 3.09. The molecule has 1 aliphatic heterocycles. The average molecular weight is 341 g/mol. The van der Waals surface area contributed by atoms with E-state index < -0.39 is 0 Å². The third kappa shape index (κ3) is 3.18. The van der Waals surface area contributed by atoms with Gasteiger partial charge in [0.05, 0.1) is 0 Å². The van der Waals surface area contributed by atoms with Crippen LogP contribution in [0.4, 0.5) is 5.13 Å². The molecule has 2 unspecified atom stereocenters. The van der Waals surface area contributed by atoms with E-state index in [1.807, 2.05) is 11.6 Å². The number of thiazole rings is 1. The summed E-state index contributed by atoms with van der Waals surface area (Å²) in [6.45, 7) is 5.68. The summed E-state index contributed by atoms with van der Waals surface area (Å²) >= 11 is 1.68. The van der Waals surface area contributed by atoms with Gasteiger partial charge in [-0.05, 0) is 31.2 Å². The van der Waals surface area contributed by atoms with Crippen molar-refractivity contribution >= 4 is 22.4 Å². The van der Waals surface area contributed by atoms with Crippen molar-refractivity contribution in [3.05, 3.63) is 47.0 Å². The molecule has 5 heteroatoms. The summed E-state index contributed by atoms with van der Waals surface area (Å²) in [4.78, 5) is 21.7. The highest BCUT2D eigenvalue weighted by Crippen LogP contribution is 2.48. The average Bonchev–Trinajstić information content (AvgIpc) is 3.28. The molecule has 1 saturated carbocycles. The second-order valence-electron chi connectivity index (χ2n) is 6.84. The van der Waals surface area contributed by atoms with Gasteiger partial charge in [0.1, 0.15) is 0 Å². The van der Waals surface area contributed by atoms with Gasteiger partial charge in [-0.15, -0.1) is 11.3 Å². The fraction of sp³-hybridized carbons (Fsp3) is 0.474. The lowest BCUT2D eigenvalue weighted by molar-refractivity contribution is -0.132. The van der Waals surface area contributed by atoms with E-state index in [9.17, 15) is 4.79 Å². The van der Waals surface area contributed by atoms with Gasteiger partial charge in [0, 0.05) is 43.7 Å². The molecule has 4 nitrogen and oxygen atoms in total. The first-order valence-electron chi connectivity index (χ1n) is 8.72. The Morgan fingerprint density at radius 3 is 2.96 bits per heavy atom. The van der Waals surface area contributed by atoms with Crippen molar-refractivity contribution in [1.82, 2.24) is 9.88 Å². The minimum atomic E-state index is 0.193. The van der Waals surface area contributed by atoms with Gasteiger partial charge in [-0.3, -0.25) is 4.79 Å². The molecule has 0 N–H and O–H groups in total. The number of carbonyl (C=O) groups is 1. The Labute approximate surface area is 147 Å². The van der Waals surface area contributed by atoms with Crippen LogP contribution in [0.5, 0.6) is 0 Å². The zero-order valence-corrected chi connectivity index (χ0v) is 14.8. The molecular formula is C19H23N3OS. The smallest absolute Gasteiger partial charge is 0.226 e. The molecule has 0 radical (unpaired) electrons. The van der Waals surface area contributed by atoms with E-state index in [1.54, 1.807) is 11.3 Å². The molecular weight excluding hydrogens is 318 g/mol. The molecule has 1 aliphatic carbocycles. The summed E-state index contributed by atoms with van der Waals surface area (Å²) < 4.78 is 0. The van der Waals surface area contributed by atoms with E-state index in [0.29, 0.717) is 11.8 Å². The molecule has 2 aliphatic rings. The Bertz CT molecular complexity index is 715. The predicted octanol–water partition coefficient (Wildman–Crippen LogP) is 3.29. The topological polar surface area (TPSA) is 36.4 Å². The van der Waals surface area contributed by atoms with E-state index in [2.05, 4.69) is 46.0 Å². The molecule has 1 saturated heterocycles. The third-order valence-electron chi connectivity index (χ3n) is 5.08. The Morgan fingerprint density at radius 2 is 2.17 bits per heavy atom. The van der Waals surface area contributed by atoms with Crippen LogP contribution in [0.15, 0.2) is 35.8 Å². The van der Waals surface area contributed by atoms with Gasteiger partial charge in [0.2, 0.25) is 5.91 Å². The fourth-order valence-electron chi connectivity index (χ4n) is 3.67. The first-order valence-corrected chi connectivity index (χ1v) is 9.60. The summed E-state index contributed by atoms with van der Waals surface area (Å²) in [5.41, 5.74) is 2.60. The molecule has 2 atom stereocenters. The number of anilines is 1. The SMILES string of the molecule is Cc1cccc(C2CC2C(=O)N2CCCN(c3nccs3)CC2)c1. The summed E-state index contributed by atoms with van der Waals surface area (Å²) in [7, 11) is 0. The number of aromatic nitrogens is 1. The van der Waals surface area contributed by atoms with E-state index in [1.165, 1.54) is 11.1 Å². The molecule has 0 bridgehead atoms. The van der Waals surface area contributed by atoms with Crippen molar-refractivity contribution < 1.29 is 4.79 Å². The van der Waals surface area contributed by atoms with Gasteiger partial charge in [0.15, 0.2) is 5.13 Å². The van der Waals surface area contributed by atoms with Gasteiger partial charge in [-0.25, -0.2) is 4.98 Å². The highest BCUT2D eigenvalue weighted by Gasteiger charge is 2.45. The third-order valence-corrected chi connectivity index (χ3v) is 5.91. The number of aryl methyl sites for hydroxylation is 1. The van der Waals surface area contributed by atoms with Gasteiger partial charge in [0.25, 0.3) is 0 Å². The highest BCUT2D eigenvalue weighted by atomic mass is 32.1. The fourth-order valence-corrected chi connectivity index (χ4v) is 4.37. The van der Waals surface area contributed by atoms with Crippen LogP contribution < -0.4 is 4.90 Å². The lowest BCUT2D eigenvalue weighted by Gasteiger charge is -2.22. The molecule has 1 aromatic heterocycles. The zero-order valence-electron chi connectivity index (χ0n) is 14.0. The number of carbonyl (C=O) groups excluding carboxylic acids is 1. The van der Waals surface area contributed by atoms with Gasteiger partial charge >= 0.3 is 0 Å². The molecule has 2 aromatic rings. The highest BCUT2D eigenvalue weighted by molar-refractivity contribution is 7.13. The quantitative estimate of drug-likeness (QED) is 0.859. The van der Waals surface area contributed by atoms with Crippen LogP contribution in [0.1, 0.15) is 29.9 Å². The molecule has 0 spiro atoms. The second-order valence-corrected chi connectivity index (χ2v) is 7.72. The van der Waals surface area contributed by atoms with Crippen molar-refractivity contribution in [3.63, 3.8) is 0 Å². The maximum Gasteiger partial charge on any atom is 0.226 e. The van der Waals surface area contributed by atoms with Crippen molar-refractivity contribution in [2.75, 3.05) is 31.1 Å². The van der Waals surface area contributed by atoms with E-state index >= 15 is 0 Å². The second kappa shape index (κ2) is 6.55. The van der Waals surface area contributed by atoms with E-state index in [0.717, 1.165) is 44.2 Å². The summed E-state index contributed by atoms with van der Waals surface area (Å²) in [6, 6.07) is 8.61. The van der Waals surface area contributed by atoms with Gasteiger partial charge < -0.3 is 9.80 Å². The first-order chi connectivity index (χ1) is 11.7. The molecule has 1 aromatic carbocycles. The summed E-state index contributed by atoms with van der Waals surface area (Å²) in [5.74, 6) is 0.969. The van der Waals surface area contributed by atoms with Crippen molar-refractivity contribution in [2.45, 2.75) is 25.7 Å². The maximum atomic E-state index is 12.9. The summed E-state index contributed by atoms with van der Waals surface area (Å²) in [6.07, 6.45) is 3.88. The molecule has 126 valence electrons. The number of benzene rings is 1. The maximum absolute atomic E-state index is 12.9. The van der Waals surface area contributed by atoms with Crippen LogP contribution in [-0.2, 0) is 4.79 Å². The first kappa shape index (κ1) is 15.6. The minimum absolute atomic E-state index is 0.193. The number of hydrogen-bond donors (Lipinski definition) is 0. The molecule has 1 amide bonds.